The van der Waals surface area contributed by atoms with Crippen LogP contribution in [0.15, 0.2) is 138 Å². The Balaban J connectivity index is 1.37. The molecule has 0 fully saturated rings. The first kappa shape index (κ1) is 35.0. The lowest BCUT2D eigenvalue weighted by Gasteiger charge is -2.18. The van der Waals surface area contributed by atoms with Gasteiger partial charge in [-0.3, -0.25) is 19.2 Å². The van der Waals surface area contributed by atoms with Gasteiger partial charge in [-0.1, -0.05) is 60.7 Å². The average molecular weight is 687 g/mol. The van der Waals surface area contributed by atoms with Gasteiger partial charge in [0.2, 0.25) is 5.91 Å². The molecular weight excluding hydrogens is 653 g/mol. The first-order chi connectivity index (χ1) is 24.2. The van der Waals surface area contributed by atoms with E-state index in [0.29, 0.717) is 34.0 Å². The largest absolute Gasteiger partial charge is 0.497 e. The number of para-hydroxylation sites is 1. The summed E-state index contributed by atoms with van der Waals surface area (Å²) < 4.78 is 10.8. The second-order valence-electron chi connectivity index (χ2n) is 10.8. The van der Waals surface area contributed by atoms with E-state index in [4.69, 9.17) is 15.2 Å². The summed E-state index contributed by atoms with van der Waals surface area (Å²) in [6.07, 6.45) is 1.53. The van der Waals surface area contributed by atoms with Crippen molar-refractivity contribution >= 4 is 52.8 Å². The van der Waals surface area contributed by atoms with Crippen LogP contribution in [0, 0.1) is 0 Å². The topological polar surface area (TPSA) is 149 Å². The van der Waals surface area contributed by atoms with Crippen LogP contribution in [-0.4, -0.2) is 37.8 Å². The molecule has 0 aliphatic rings. The average Bonchev–Trinajstić information content (AvgIpc) is 3.15. The Morgan fingerprint density at radius 3 is 2.06 bits per heavy atom. The summed E-state index contributed by atoms with van der Waals surface area (Å²) in [6.45, 7) is 0. The lowest BCUT2D eigenvalue weighted by Crippen LogP contribution is -2.30. The number of primary amides is 1. The maximum absolute atomic E-state index is 13.6. The Hall–Kier alpha value is -6.33. The smallest absolute Gasteiger partial charge is 0.272 e. The first-order valence-corrected chi connectivity index (χ1v) is 16.3. The van der Waals surface area contributed by atoms with Crippen LogP contribution in [0.25, 0.3) is 6.08 Å². The van der Waals surface area contributed by atoms with Crippen LogP contribution < -0.4 is 31.2 Å². The van der Waals surface area contributed by atoms with Crippen molar-refractivity contribution in [2.24, 2.45) is 5.73 Å². The molecule has 0 bridgehead atoms. The minimum absolute atomic E-state index is 0.0159. The summed E-state index contributed by atoms with van der Waals surface area (Å²) in [5.74, 6) is -1.01. The Bertz CT molecular complexity index is 2020. The molecule has 0 saturated carbocycles. The molecule has 0 aromatic heterocycles. The molecule has 5 rings (SSSR count). The molecule has 50 heavy (non-hydrogen) atoms. The van der Waals surface area contributed by atoms with E-state index in [-0.39, 0.29) is 17.2 Å². The van der Waals surface area contributed by atoms with Crippen molar-refractivity contribution in [2.45, 2.75) is 10.1 Å². The van der Waals surface area contributed by atoms with Gasteiger partial charge in [-0.15, -0.1) is 11.8 Å². The highest BCUT2D eigenvalue weighted by molar-refractivity contribution is 8.00. The van der Waals surface area contributed by atoms with E-state index < -0.39 is 23.0 Å². The third-order valence-electron chi connectivity index (χ3n) is 7.43. The Morgan fingerprint density at radius 2 is 1.40 bits per heavy atom. The minimum Gasteiger partial charge on any atom is -0.497 e. The van der Waals surface area contributed by atoms with Gasteiger partial charge in [-0.25, -0.2) is 0 Å². The fraction of sp³-hybridized carbons (Fsp3) is 0.0769. The number of rotatable bonds is 13. The summed E-state index contributed by atoms with van der Waals surface area (Å²) in [5, 5.41) is 7.74. The summed E-state index contributed by atoms with van der Waals surface area (Å²) >= 11 is 1.30. The van der Waals surface area contributed by atoms with E-state index >= 15 is 0 Å². The lowest BCUT2D eigenvalue weighted by molar-refractivity contribution is -0.116. The van der Waals surface area contributed by atoms with E-state index in [1.54, 1.807) is 97.1 Å². The highest BCUT2D eigenvalue weighted by Crippen LogP contribution is 2.37. The highest BCUT2D eigenvalue weighted by Gasteiger charge is 2.24. The Kier molecular flexibility index (Phi) is 11.7. The maximum Gasteiger partial charge on any atom is 0.272 e. The van der Waals surface area contributed by atoms with E-state index in [9.17, 15) is 19.2 Å². The third kappa shape index (κ3) is 8.97. The van der Waals surface area contributed by atoms with Crippen molar-refractivity contribution in [3.05, 3.63) is 155 Å². The number of hydrogen-bond donors (Lipinski definition) is 4. The quantitative estimate of drug-likeness (QED) is 0.0797. The number of carbonyl (C=O) groups excluding carboxylic acids is 4. The summed E-state index contributed by atoms with van der Waals surface area (Å²) in [6, 6.07) is 36.4. The van der Waals surface area contributed by atoms with Gasteiger partial charge in [-0.05, 0) is 72.3 Å². The van der Waals surface area contributed by atoms with Gasteiger partial charge in [0, 0.05) is 27.8 Å². The van der Waals surface area contributed by atoms with E-state index in [1.807, 2.05) is 30.3 Å². The first-order valence-electron chi connectivity index (χ1n) is 15.4. The zero-order valence-electron chi connectivity index (χ0n) is 27.2. The number of ether oxygens (including phenoxy) is 2. The molecule has 5 N–H and O–H groups in total. The van der Waals surface area contributed by atoms with Gasteiger partial charge in [-0.2, -0.15) is 0 Å². The van der Waals surface area contributed by atoms with Crippen molar-refractivity contribution in [2.75, 3.05) is 24.9 Å². The number of anilines is 2. The van der Waals surface area contributed by atoms with Crippen molar-refractivity contribution in [1.82, 2.24) is 5.32 Å². The minimum atomic E-state index is -0.681. The normalized spacial score (nSPS) is 11.5. The van der Waals surface area contributed by atoms with Crippen LogP contribution in [0.5, 0.6) is 11.5 Å². The van der Waals surface area contributed by atoms with Crippen LogP contribution in [0.4, 0.5) is 11.4 Å². The third-order valence-corrected chi connectivity index (χ3v) is 8.69. The van der Waals surface area contributed by atoms with E-state index in [0.717, 1.165) is 10.5 Å². The zero-order chi connectivity index (χ0) is 35.5. The predicted molar refractivity (Wildman–Crippen MR) is 195 cm³/mol. The zero-order valence-corrected chi connectivity index (χ0v) is 28.0. The number of nitrogens with two attached hydrogens (primary N) is 1. The molecule has 0 heterocycles. The standard InChI is InChI=1S/C39H34N4O6S/c1-48-29-20-17-27(34(24-29)49-2)23-33(43-37(45)26-13-7-4-8-14-26)38(46)41-28-18-21-30(22-19-28)50-35(25-11-5-3-6-12-25)39(47)42-32-16-10-9-15-31(32)36(40)44/h3-24,35H,1-2H3,(H2,40,44)(H,41,46)(H,42,47)(H,43,45)/b33-23-. The molecular formula is C39H34N4O6S. The Morgan fingerprint density at radius 1 is 0.740 bits per heavy atom. The highest BCUT2D eigenvalue weighted by atomic mass is 32.2. The number of hydrogen-bond acceptors (Lipinski definition) is 7. The van der Waals surface area contributed by atoms with Crippen molar-refractivity contribution in [3.63, 3.8) is 0 Å². The number of methoxy groups -OCH3 is 2. The van der Waals surface area contributed by atoms with Crippen molar-refractivity contribution in [1.29, 1.82) is 0 Å². The van der Waals surface area contributed by atoms with Gasteiger partial charge in [0.1, 0.15) is 22.4 Å². The van der Waals surface area contributed by atoms with Gasteiger partial charge in [0.25, 0.3) is 17.7 Å². The summed E-state index contributed by atoms with van der Waals surface area (Å²) in [4.78, 5) is 53.0. The molecule has 5 aromatic rings. The summed E-state index contributed by atoms with van der Waals surface area (Å²) in [7, 11) is 3.04. The second-order valence-corrected chi connectivity index (χ2v) is 12.0. The van der Waals surface area contributed by atoms with E-state index in [1.165, 1.54) is 32.1 Å². The Labute approximate surface area is 293 Å². The maximum atomic E-state index is 13.6. The SMILES string of the molecule is COc1ccc(/C=C(\NC(=O)c2ccccc2)C(=O)Nc2ccc(SC(C(=O)Nc3ccccc3C(N)=O)c3ccccc3)cc2)c(OC)c1. The molecule has 4 amide bonds. The molecule has 5 aromatic carbocycles. The molecule has 1 unspecified atom stereocenters. The lowest BCUT2D eigenvalue weighted by atomic mass is 10.1. The molecule has 0 aliphatic heterocycles. The molecule has 11 heteroatoms. The van der Waals surface area contributed by atoms with Crippen molar-refractivity contribution in [3.8, 4) is 11.5 Å². The van der Waals surface area contributed by atoms with Crippen LogP contribution in [0.1, 0.15) is 37.1 Å². The van der Waals surface area contributed by atoms with Crippen LogP contribution in [0.2, 0.25) is 0 Å². The van der Waals surface area contributed by atoms with Crippen LogP contribution >= 0.6 is 11.8 Å². The number of amides is 4. The molecule has 252 valence electrons. The molecule has 0 spiro atoms. The fourth-order valence-electron chi connectivity index (χ4n) is 4.89. The summed E-state index contributed by atoms with van der Waals surface area (Å²) in [5.41, 5.74) is 8.16. The van der Waals surface area contributed by atoms with Gasteiger partial charge >= 0.3 is 0 Å². The predicted octanol–water partition coefficient (Wildman–Crippen LogP) is 6.68. The number of nitrogens with one attached hydrogen (secondary N) is 3. The van der Waals surface area contributed by atoms with Gasteiger partial charge < -0.3 is 31.2 Å². The van der Waals surface area contributed by atoms with Crippen LogP contribution in [0.3, 0.4) is 0 Å². The number of benzene rings is 5. The van der Waals surface area contributed by atoms with Gasteiger partial charge in [0.15, 0.2) is 0 Å². The van der Waals surface area contributed by atoms with E-state index in [2.05, 4.69) is 16.0 Å². The monoisotopic (exact) mass is 686 g/mol. The number of carbonyl (C=O) groups is 4. The molecule has 10 nitrogen and oxygen atoms in total. The van der Waals surface area contributed by atoms with Gasteiger partial charge in [0.05, 0.1) is 25.5 Å². The molecule has 1 atom stereocenters. The molecule has 0 radical (unpaired) electrons. The molecule has 0 aliphatic carbocycles. The fourth-order valence-corrected chi connectivity index (χ4v) is 5.92. The number of thioether (sulfide) groups is 1. The van der Waals surface area contributed by atoms with Crippen molar-refractivity contribution < 1.29 is 28.7 Å². The second kappa shape index (κ2) is 16.7. The molecule has 0 saturated heterocycles. The van der Waals surface area contributed by atoms with Crippen LogP contribution in [-0.2, 0) is 9.59 Å².